The number of likely N-dealkylation sites (tertiary alicyclic amines) is 1. The van der Waals surface area contributed by atoms with Crippen LogP contribution in [0.25, 0.3) is 0 Å². The topological polar surface area (TPSA) is 83.6 Å². The van der Waals surface area contributed by atoms with Crippen LogP contribution in [0.2, 0.25) is 0 Å². The fraction of sp³-hybridized carbons (Fsp3) is 1.00. The van der Waals surface area contributed by atoms with Gasteiger partial charge in [-0.3, -0.25) is 4.90 Å². The Bertz CT molecular complexity index is 350. The molecule has 0 spiro atoms. The van der Waals surface area contributed by atoms with Crippen LogP contribution in [0.4, 0.5) is 0 Å². The van der Waals surface area contributed by atoms with Crippen LogP contribution in [-0.4, -0.2) is 61.7 Å². The van der Waals surface area contributed by atoms with Gasteiger partial charge in [-0.15, -0.1) is 0 Å². The Balaban J connectivity index is 1.89. The van der Waals surface area contributed by atoms with Crippen LogP contribution < -0.4 is 5.73 Å². The van der Waals surface area contributed by atoms with Gasteiger partial charge in [0, 0.05) is 0 Å². The number of hydrogen-bond donors (Lipinski definition) is 2. The Kier molecular flexibility index (Phi) is 4.07. The average Bonchev–Trinajstić information content (AvgIpc) is 2.54. The average molecular weight is 262 g/mol. The SMILES string of the molecule is NCCC1CCN(C2CS(=O)(=O)CC2O)CC1. The van der Waals surface area contributed by atoms with Crippen LogP contribution in [0.15, 0.2) is 0 Å². The molecule has 0 aromatic rings. The van der Waals surface area contributed by atoms with Crippen molar-refractivity contribution in [2.24, 2.45) is 11.7 Å². The predicted molar refractivity (Wildman–Crippen MR) is 66.4 cm³/mol. The van der Waals surface area contributed by atoms with Crippen molar-refractivity contribution in [1.82, 2.24) is 4.90 Å². The summed E-state index contributed by atoms with van der Waals surface area (Å²) in [6, 6.07) is -0.182. The van der Waals surface area contributed by atoms with E-state index in [-0.39, 0.29) is 17.5 Å². The van der Waals surface area contributed by atoms with Crippen molar-refractivity contribution < 1.29 is 13.5 Å². The lowest BCUT2D eigenvalue weighted by atomic mass is 9.92. The van der Waals surface area contributed by atoms with Gasteiger partial charge in [0.05, 0.1) is 23.7 Å². The fourth-order valence-corrected chi connectivity index (χ4v) is 4.80. The molecule has 2 aliphatic rings. The minimum atomic E-state index is -3.03. The number of aliphatic hydroxyl groups excluding tert-OH is 1. The van der Waals surface area contributed by atoms with Crippen LogP contribution in [0.1, 0.15) is 19.3 Å². The molecular formula is C11H22N2O3S. The summed E-state index contributed by atoms with van der Waals surface area (Å²) in [7, 11) is -3.03. The molecule has 2 saturated heterocycles. The lowest BCUT2D eigenvalue weighted by Crippen LogP contribution is -2.47. The molecule has 0 aromatic carbocycles. The molecule has 2 fully saturated rings. The van der Waals surface area contributed by atoms with E-state index in [1.54, 1.807) is 0 Å². The van der Waals surface area contributed by atoms with E-state index in [1.807, 2.05) is 0 Å². The van der Waals surface area contributed by atoms with E-state index >= 15 is 0 Å². The Morgan fingerprint density at radius 3 is 2.35 bits per heavy atom. The van der Waals surface area contributed by atoms with Gasteiger partial charge in [-0.2, -0.15) is 0 Å². The molecule has 17 heavy (non-hydrogen) atoms. The van der Waals surface area contributed by atoms with Crippen molar-refractivity contribution in [2.45, 2.75) is 31.4 Å². The van der Waals surface area contributed by atoms with E-state index < -0.39 is 15.9 Å². The van der Waals surface area contributed by atoms with Crippen LogP contribution in [0.5, 0.6) is 0 Å². The molecule has 0 saturated carbocycles. The van der Waals surface area contributed by atoms with Crippen LogP contribution in [0.3, 0.4) is 0 Å². The summed E-state index contributed by atoms with van der Waals surface area (Å²) in [5.41, 5.74) is 5.54. The van der Waals surface area contributed by atoms with Crippen molar-refractivity contribution in [1.29, 1.82) is 0 Å². The monoisotopic (exact) mass is 262 g/mol. The summed E-state index contributed by atoms with van der Waals surface area (Å²) in [5.74, 6) is 0.724. The molecule has 5 nitrogen and oxygen atoms in total. The Labute approximate surface area is 103 Å². The van der Waals surface area contributed by atoms with Crippen molar-refractivity contribution in [3.63, 3.8) is 0 Å². The third-order valence-corrected chi connectivity index (χ3v) is 5.69. The second-order valence-electron chi connectivity index (χ2n) is 5.27. The molecule has 2 rings (SSSR count). The van der Waals surface area contributed by atoms with Gasteiger partial charge in [0.25, 0.3) is 0 Å². The maximum Gasteiger partial charge on any atom is 0.154 e. The van der Waals surface area contributed by atoms with Crippen molar-refractivity contribution in [3.05, 3.63) is 0 Å². The second-order valence-corrected chi connectivity index (χ2v) is 7.42. The first-order valence-electron chi connectivity index (χ1n) is 6.34. The Morgan fingerprint density at radius 1 is 1.24 bits per heavy atom. The van der Waals surface area contributed by atoms with Crippen LogP contribution in [-0.2, 0) is 9.84 Å². The van der Waals surface area contributed by atoms with Crippen molar-refractivity contribution in [2.75, 3.05) is 31.1 Å². The molecule has 6 heteroatoms. The summed E-state index contributed by atoms with van der Waals surface area (Å²) in [6.07, 6.45) is 2.49. The van der Waals surface area contributed by atoms with Gasteiger partial charge in [-0.05, 0) is 44.8 Å². The maximum absolute atomic E-state index is 11.5. The molecule has 2 heterocycles. The van der Waals surface area contributed by atoms with Gasteiger partial charge in [0.1, 0.15) is 0 Å². The van der Waals surface area contributed by atoms with Gasteiger partial charge in [-0.25, -0.2) is 8.42 Å². The maximum atomic E-state index is 11.5. The largest absolute Gasteiger partial charge is 0.390 e. The number of hydrogen-bond acceptors (Lipinski definition) is 5. The molecular weight excluding hydrogens is 240 g/mol. The number of aliphatic hydroxyl groups is 1. The van der Waals surface area contributed by atoms with E-state index in [2.05, 4.69) is 4.90 Å². The summed E-state index contributed by atoms with van der Waals surface area (Å²) >= 11 is 0. The highest BCUT2D eigenvalue weighted by molar-refractivity contribution is 7.91. The number of sulfone groups is 1. The number of rotatable bonds is 3. The minimum Gasteiger partial charge on any atom is -0.390 e. The third kappa shape index (κ3) is 3.19. The highest BCUT2D eigenvalue weighted by atomic mass is 32.2. The summed E-state index contributed by atoms with van der Waals surface area (Å²) in [5, 5.41) is 9.81. The zero-order valence-corrected chi connectivity index (χ0v) is 10.9. The van der Waals surface area contributed by atoms with Gasteiger partial charge in [0.15, 0.2) is 9.84 Å². The highest BCUT2D eigenvalue weighted by Crippen LogP contribution is 2.25. The van der Waals surface area contributed by atoms with Crippen molar-refractivity contribution in [3.8, 4) is 0 Å². The number of piperidine rings is 1. The van der Waals surface area contributed by atoms with E-state index in [1.165, 1.54) is 0 Å². The zero-order chi connectivity index (χ0) is 12.5. The third-order valence-electron chi connectivity index (χ3n) is 3.99. The quantitative estimate of drug-likeness (QED) is 0.696. The first-order valence-corrected chi connectivity index (χ1v) is 8.16. The minimum absolute atomic E-state index is 0.0691. The van der Waals surface area contributed by atoms with E-state index in [0.29, 0.717) is 5.92 Å². The summed E-state index contributed by atoms with van der Waals surface area (Å²) < 4.78 is 22.9. The normalized spacial score (nSPS) is 35.2. The lowest BCUT2D eigenvalue weighted by molar-refractivity contribution is 0.0579. The zero-order valence-electron chi connectivity index (χ0n) is 10.1. The van der Waals surface area contributed by atoms with E-state index in [0.717, 1.165) is 38.9 Å². The van der Waals surface area contributed by atoms with Crippen LogP contribution >= 0.6 is 0 Å². The smallest absolute Gasteiger partial charge is 0.154 e. The van der Waals surface area contributed by atoms with E-state index in [4.69, 9.17) is 5.73 Å². The molecule has 0 radical (unpaired) electrons. The molecule has 0 bridgehead atoms. The van der Waals surface area contributed by atoms with Gasteiger partial charge in [-0.1, -0.05) is 0 Å². The van der Waals surface area contributed by atoms with Gasteiger partial charge >= 0.3 is 0 Å². The highest BCUT2D eigenvalue weighted by Gasteiger charge is 2.40. The number of nitrogens with two attached hydrogens (primary N) is 1. The molecule has 0 amide bonds. The Hall–Kier alpha value is -0.170. The Morgan fingerprint density at radius 2 is 1.88 bits per heavy atom. The molecule has 2 unspecified atom stereocenters. The predicted octanol–water partition coefficient (Wildman–Crippen LogP) is -0.795. The molecule has 2 atom stereocenters. The molecule has 2 aliphatic heterocycles. The first kappa shape index (κ1) is 13.3. The fourth-order valence-electron chi connectivity index (χ4n) is 2.97. The molecule has 3 N–H and O–H groups in total. The molecule has 0 aliphatic carbocycles. The van der Waals surface area contributed by atoms with Gasteiger partial charge in [0.2, 0.25) is 0 Å². The van der Waals surface area contributed by atoms with Crippen LogP contribution in [0, 0.1) is 5.92 Å². The molecule has 100 valence electrons. The second kappa shape index (κ2) is 5.22. The van der Waals surface area contributed by atoms with Gasteiger partial charge < -0.3 is 10.8 Å². The standard InChI is InChI=1S/C11H22N2O3S/c12-4-1-9-2-5-13(6-3-9)10-7-17(15,16)8-11(10)14/h9-11,14H,1-8,12H2. The van der Waals surface area contributed by atoms with E-state index in [9.17, 15) is 13.5 Å². The molecule has 0 aromatic heterocycles. The first-order chi connectivity index (χ1) is 8.02. The lowest BCUT2D eigenvalue weighted by Gasteiger charge is -2.36. The van der Waals surface area contributed by atoms with Crippen molar-refractivity contribution >= 4 is 9.84 Å². The summed E-state index contributed by atoms with van der Waals surface area (Å²) in [4.78, 5) is 2.14. The number of nitrogens with zero attached hydrogens (tertiary/aromatic N) is 1. The summed E-state index contributed by atoms with van der Waals surface area (Å²) in [6.45, 7) is 2.51.